The molecule has 2 aromatic heterocycles. The highest BCUT2D eigenvalue weighted by Gasteiger charge is 2.54. The Morgan fingerprint density at radius 2 is 1.46 bits per heavy atom. The lowest BCUT2D eigenvalue weighted by Gasteiger charge is -2.40. The van der Waals surface area contributed by atoms with Gasteiger partial charge in [0.15, 0.2) is 11.8 Å². The monoisotopic (exact) mass is 524 g/mol. The van der Waals surface area contributed by atoms with Crippen LogP contribution in [-0.4, -0.2) is 79.2 Å². The molecule has 0 radical (unpaired) electrons. The molecule has 9 heteroatoms. The summed E-state index contributed by atoms with van der Waals surface area (Å²) in [7, 11) is 0. The van der Waals surface area contributed by atoms with Crippen molar-refractivity contribution in [3.05, 3.63) is 35.4 Å². The van der Waals surface area contributed by atoms with E-state index in [0.29, 0.717) is 35.9 Å². The van der Waals surface area contributed by atoms with Crippen LogP contribution in [0.3, 0.4) is 0 Å². The van der Waals surface area contributed by atoms with E-state index in [1.807, 2.05) is 0 Å². The summed E-state index contributed by atoms with van der Waals surface area (Å²) < 4.78 is 7.66. The molecule has 3 fully saturated rings. The quantitative estimate of drug-likeness (QED) is 0.405. The predicted molar refractivity (Wildman–Crippen MR) is 144 cm³/mol. The van der Waals surface area contributed by atoms with E-state index in [1.165, 1.54) is 29.3 Å². The zero-order chi connectivity index (χ0) is 25.3. The number of anilines is 1. The van der Waals surface area contributed by atoms with E-state index >= 15 is 0 Å². The SMILES string of the molecule is Oc1c2c(c(O)n1C[C@@H]1CCCC[C@H]1CN1CCN(c3nsc4ccccc34)CC1)[C@@H]1C[C@H]2C(O)C1O. The van der Waals surface area contributed by atoms with Crippen LogP contribution < -0.4 is 4.90 Å². The Bertz CT molecular complexity index is 1260. The van der Waals surface area contributed by atoms with Gasteiger partial charge in [0.25, 0.3) is 0 Å². The molecular weight excluding hydrogens is 488 g/mol. The number of rotatable bonds is 5. The van der Waals surface area contributed by atoms with Crippen LogP contribution in [-0.2, 0) is 6.54 Å². The predicted octanol–water partition coefficient (Wildman–Crippen LogP) is 3.44. The number of benzene rings is 1. The van der Waals surface area contributed by atoms with Gasteiger partial charge in [-0.1, -0.05) is 25.0 Å². The summed E-state index contributed by atoms with van der Waals surface area (Å²) >= 11 is 1.58. The highest BCUT2D eigenvalue weighted by Crippen LogP contribution is 2.60. The molecule has 2 unspecified atom stereocenters. The van der Waals surface area contributed by atoms with Crippen molar-refractivity contribution < 1.29 is 20.4 Å². The van der Waals surface area contributed by atoms with Gasteiger partial charge in [0, 0.05) is 67.6 Å². The van der Waals surface area contributed by atoms with Crippen molar-refractivity contribution in [1.29, 1.82) is 0 Å². The zero-order valence-corrected chi connectivity index (χ0v) is 21.9. The van der Waals surface area contributed by atoms with Crippen molar-refractivity contribution in [3.63, 3.8) is 0 Å². The summed E-state index contributed by atoms with van der Waals surface area (Å²) in [4.78, 5) is 5.00. The van der Waals surface area contributed by atoms with E-state index in [9.17, 15) is 20.4 Å². The second-order valence-corrected chi connectivity index (χ2v) is 12.4. The van der Waals surface area contributed by atoms with Crippen molar-refractivity contribution in [2.75, 3.05) is 37.6 Å². The highest BCUT2D eigenvalue weighted by molar-refractivity contribution is 7.13. The molecule has 8 nitrogen and oxygen atoms in total. The average Bonchev–Trinajstić information content (AvgIpc) is 3.65. The maximum Gasteiger partial charge on any atom is 0.197 e. The molecule has 6 atom stereocenters. The van der Waals surface area contributed by atoms with Crippen LogP contribution in [0.25, 0.3) is 10.1 Å². The Morgan fingerprint density at radius 1 is 0.838 bits per heavy atom. The standard InChI is InChI=1S/C28H36N4O4S/c33-24-19-13-20(25(24)34)23-22(19)27(35)32(28(23)36)15-17-6-2-1-5-16(17)14-30-9-11-31(12-10-30)26-18-7-3-4-8-21(18)37-29-26/h3-4,7-8,16-17,19-20,24-25,33-36H,1-2,5-6,9-15H2/t16-,17-,19-,20+,24?,25?/m0/s1. The van der Waals surface area contributed by atoms with Gasteiger partial charge < -0.3 is 25.3 Å². The van der Waals surface area contributed by atoms with Crippen molar-refractivity contribution in [1.82, 2.24) is 13.8 Å². The van der Waals surface area contributed by atoms with Gasteiger partial charge in [0.2, 0.25) is 0 Å². The van der Waals surface area contributed by atoms with Gasteiger partial charge in [0.1, 0.15) is 5.82 Å². The number of aromatic nitrogens is 2. The number of aromatic hydroxyl groups is 2. The van der Waals surface area contributed by atoms with Crippen LogP contribution in [0.15, 0.2) is 24.3 Å². The minimum absolute atomic E-state index is 0.0966. The number of piperazine rings is 1. The van der Waals surface area contributed by atoms with Gasteiger partial charge in [-0.2, -0.15) is 4.37 Å². The fraction of sp³-hybridized carbons (Fsp3) is 0.607. The molecule has 0 spiro atoms. The third-order valence-electron chi connectivity index (χ3n) is 9.71. The van der Waals surface area contributed by atoms with Crippen LogP contribution in [0.2, 0.25) is 0 Å². The lowest BCUT2D eigenvalue weighted by molar-refractivity contribution is 0.0211. The van der Waals surface area contributed by atoms with Gasteiger partial charge in [-0.05, 0) is 54.8 Å². The van der Waals surface area contributed by atoms with Crippen molar-refractivity contribution in [3.8, 4) is 11.8 Å². The lowest BCUT2D eigenvalue weighted by atomic mass is 9.78. The first-order chi connectivity index (χ1) is 18.0. The Labute approximate surface area is 220 Å². The van der Waals surface area contributed by atoms with Gasteiger partial charge in [-0.25, -0.2) is 0 Å². The second kappa shape index (κ2) is 9.15. The normalized spacial score (nSPS) is 31.9. The fourth-order valence-corrected chi connectivity index (χ4v) is 8.51. The number of nitrogens with zero attached hydrogens (tertiary/aromatic N) is 4. The molecule has 2 saturated carbocycles. The molecule has 3 aliphatic carbocycles. The summed E-state index contributed by atoms with van der Waals surface area (Å²) in [6.45, 7) is 5.62. The Balaban J connectivity index is 1.03. The van der Waals surface area contributed by atoms with E-state index in [4.69, 9.17) is 4.37 Å². The first-order valence-electron chi connectivity index (χ1n) is 13.8. The minimum Gasteiger partial charge on any atom is -0.494 e. The van der Waals surface area contributed by atoms with Gasteiger partial charge in [-0.15, -0.1) is 0 Å². The van der Waals surface area contributed by atoms with E-state index in [-0.39, 0.29) is 23.6 Å². The summed E-state index contributed by atoms with van der Waals surface area (Å²) in [5, 5.41) is 44.2. The number of aliphatic hydroxyl groups is 2. The lowest BCUT2D eigenvalue weighted by Crippen LogP contribution is -2.49. The van der Waals surface area contributed by atoms with Gasteiger partial charge >= 0.3 is 0 Å². The van der Waals surface area contributed by atoms with Crippen molar-refractivity contribution in [2.45, 2.75) is 62.7 Å². The molecule has 4 N–H and O–H groups in total. The third kappa shape index (κ3) is 3.77. The van der Waals surface area contributed by atoms with Crippen LogP contribution in [0.1, 0.15) is 55.1 Å². The molecule has 3 heterocycles. The maximum atomic E-state index is 11.1. The first-order valence-corrected chi connectivity index (χ1v) is 14.6. The van der Waals surface area contributed by atoms with E-state index in [2.05, 4.69) is 34.1 Å². The summed E-state index contributed by atoms with van der Waals surface area (Å²) in [6, 6.07) is 8.46. The van der Waals surface area contributed by atoms with Crippen molar-refractivity contribution >= 4 is 27.4 Å². The van der Waals surface area contributed by atoms with Crippen LogP contribution >= 0.6 is 11.5 Å². The molecule has 4 aliphatic rings. The smallest absolute Gasteiger partial charge is 0.197 e. The molecule has 37 heavy (non-hydrogen) atoms. The molecule has 2 bridgehead atoms. The molecule has 3 aromatic rings. The average molecular weight is 525 g/mol. The number of aliphatic hydroxyl groups excluding tert-OH is 2. The topological polar surface area (TPSA) is 105 Å². The van der Waals surface area contributed by atoms with E-state index in [0.717, 1.165) is 45.0 Å². The van der Waals surface area contributed by atoms with E-state index in [1.54, 1.807) is 16.1 Å². The largest absolute Gasteiger partial charge is 0.494 e. The molecule has 0 amide bonds. The molecule has 1 saturated heterocycles. The Kier molecular flexibility index (Phi) is 5.88. The van der Waals surface area contributed by atoms with Gasteiger partial charge in [-0.3, -0.25) is 9.47 Å². The summed E-state index contributed by atoms with van der Waals surface area (Å²) in [5.41, 5.74) is 1.33. The minimum atomic E-state index is -0.859. The third-order valence-corrected chi connectivity index (χ3v) is 10.5. The summed E-state index contributed by atoms with van der Waals surface area (Å²) in [5.74, 6) is 1.65. The number of hydrogen-bond acceptors (Lipinski definition) is 8. The number of hydrogen-bond donors (Lipinski definition) is 4. The fourth-order valence-electron chi connectivity index (χ4n) is 7.72. The second-order valence-electron chi connectivity index (χ2n) is 11.6. The Hall–Kier alpha value is -2.33. The van der Waals surface area contributed by atoms with Crippen LogP contribution in [0.5, 0.6) is 11.8 Å². The zero-order valence-electron chi connectivity index (χ0n) is 21.0. The first kappa shape index (κ1) is 23.8. The Morgan fingerprint density at radius 3 is 2.14 bits per heavy atom. The summed E-state index contributed by atoms with van der Waals surface area (Å²) in [6.07, 6.45) is 3.56. The number of fused-ring (bicyclic) bond motifs is 6. The molecule has 7 rings (SSSR count). The maximum absolute atomic E-state index is 11.1. The molecule has 198 valence electrons. The molecule has 1 aliphatic heterocycles. The van der Waals surface area contributed by atoms with Crippen LogP contribution in [0.4, 0.5) is 5.82 Å². The van der Waals surface area contributed by atoms with Crippen LogP contribution in [0, 0.1) is 11.8 Å². The van der Waals surface area contributed by atoms with Crippen molar-refractivity contribution in [2.24, 2.45) is 11.8 Å². The molecule has 1 aromatic carbocycles. The molecular formula is C28H36N4O4S. The highest BCUT2D eigenvalue weighted by atomic mass is 32.1. The van der Waals surface area contributed by atoms with Gasteiger partial charge in [0.05, 0.1) is 16.9 Å². The van der Waals surface area contributed by atoms with E-state index < -0.39 is 12.2 Å².